The third kappa shape index (κ3) is 1.69. The Labute approximate surface area is 85.2 Å². The van der Waals surface area contributed by atoms with Crippen molar-refractivity contribution in [2.24, 2.45) is 0 Å². The Kier molecular flexibility index (Phi) is 2.17. The number of aryl methyl sites for hydroxylation is 1. The van der Waals surface area contributed by atoms with Gasteiger partial charge in [0.1, 0.15) is 0 Å². The maximum Gasteiger partial charge on any atom is 0.354 e. The number of hydrogen-bond acceptors (Lipinski definition) is 4. The molecule has 0 atom stereocenters. The van der Waals surface area contributed by atoms with Gasteiger partial charge in [-0.15, -0.1) is 0 Å². The highest BCUT2D eigenvalue weighted by atomic mass is 16.4. The predicted molar refractivity (Wildman–Crippen MR) is 50.9 cm³/mol. The van der Waals surface area contributed by atoms with E-state index in [-0.39, 0.29) is 11.6 Å². The summed E-state index contributed by atoms with van der Waals surface area (Å²) in [5.74, 6) is -0.806. The zero-order chi connectivity index (χ0) is 10.8. The zero-order valence-corrected chi connectivity index (χ0v) is 7.95. The summed E-state index contributed by atoms with van der Waals surface area (Å²) in [6.07, 6.45) is 4.61. The quantitative estimate of drug-likeness (QED) is 0.777. The highest BCUT2D eigenvalue weighted by Gasteiger charge is 2.12. The van der Waals surface area contributed by atoms with Crippen LogP contribution in [0.25, 0.3) is 5.95 Å². The Hall–Kier alpha value is -2.24. The average molecular weight is 204 g/mol. The molecule has 6 nitrogen and oxygen atoms in total. The molecule has 0 aliphatic carbocycles. The summed E-state index contributed by atoms with van der Waals surface area (Å²) in [5, 5.41) is 12.7. The van der Waals surface area contributed by atoms with Gasteiger partial charge in [-0.05, 0) is 18.6 Å². The van der Waals surface area contributed by atoms with Crippen LogP contribution < -0.4 is 0 Å². The van der Waals surface area contributed by atoms with Gasteiger partial charge in [-0.2, -0.15) is 9.78 Å². The van der Waals surface area contributed by atoms with Crippen LogP contribution in [-0.2, 0) is 0 Å². The molecule has 2 aromatic rings. The van der Waals surface area contributed by atoms with Crippen LogP contribution in [0.15, 0.2) is 24.7 Å². The number of nitrogens with zero attached hydrogens (tertiary/aromatic N) is 4. The van der Waals surface area contributed by atoms with Crippen LogP contribution in [0.4, 0.5) is 0 Å². The molecule has 0 spiro atoms. The highest BCUT2D eigenvalue weighted by Crippen LogP contribution is 2.05. The summed E-state index contributed by atoms with van der Waals surface area (Å²) in [7, 11) is 0. The number of hydrogen-bond donors (Lipinski definition) is 1. The minimum Gasteiger partial charge on any atom is -0.477 e. The van der Waals surface area contributed by atoms with E-state index in [4.69, 9.17) is 5.11 Å². The number of aromatic nitrogens is 4. The van der Waals surface area contributed by atoms with Gasteiger partial charge in [-0.3, -0.25) is 0 Å². The lowest BCUT2D eigenvalue weighted by atomic mass is 10.4. The van der Waals surface area contributed by atoms with E-state index in [9.17, 15) is 4.79 Å². The van der Waals surface area contributed by atoms with Crippen LogP contribution in [0.5, 0.6) is 0 Å². The molecule has 0 aromatic carbocycles. The van der Waals surface area contributed by atoms with Crippen LogP contribution in [0, 0.1) is 6.92 Å². The van der Waals surface area contributed by atoms with Crippen LogP contribution in [0.2, 0.25) is 0 Å². The Morgan fingerprint density at radius 2 is 2.07 bits per heavy atom. The minimum atomic E-state index is -1.06. The van der Waals surface area contributed by atoms with Gasteiger partial charge in [0.15, 0.2) is 5.69 Å². The monoisotopic (exact) mass is 204 g/mol. The fourth-order valence-electron chi connectivity index (χ4n) is 1.12. The van der Waals surface area contributed by atoms with Gasteiger partial charge in [0.05, 0.1) is 6.20 Å². The molecule has 0 bridgehead atoms. The molecule has 0 radical (unpaired) electrons. The molecule has 2 aromatic heterocycles. The molecule has 0 fully saturated rings. The first-order chi connectivity index (χ1) is 7.18. The van der Waals surface area contributed by atoms with Crippen molar-refractivity contribution in [2.75, 3.05) is 0 Å². The lowest BCUT2D eigenvalue weighted by Crippen LogP contribution is -2.10. The molecule has 2 heterocycles. The maximum atomic E-state index is 10.8. The molecule has 1 N–H and O–H groups in total. The van der Waals surface area contributed by atoms with Gasteiger partial charge in [0, 0.05) is 12.4 Å². The van der Waals surface area contributed by atoms with Crippen LogP contribution >= 0.6 is 0 Å². The maximum absolute atomic E-state index is 10.8. The van der Waals surface area contributed by atoms with Crippen molar-refractivity contribution >= 4 is 5.97 Å². The number of rotatable bonds is 2. The van der Waals surface area contributed by atoms with Crippen LogP contribution in [-0.4, -0.2) is 30.8 Å². The zero-order valence-electron chi connectivity index (χ0n) is 7.95. The Morgan fingerprint density at radius 3 is 2.67 bits per heavy atom. The molecule has 0 aliphatic heterocycles. The molecule has 76 valence electrons. The van der Waals surface area contributed by atoms with Crippen molar-refractivity contribution in [3.8, 4) is 5.95 Å². The number of aromatic carboxylic acids is 1. The topological polar surface area (TPSA) is 80.9 Å². The summed E-state index contributed by atoms with van der Waals surface area (Å²) < 4.78 is 1.18. The standard InChI is InChI=1S/C9H8N4O2/c1-6-4-10-9(11-5-6)13-7(8(14)15)2-3-12-13/h2-5H,1H3,(H,14,15). The molecular formula is C9H8N4O2. The lowest BCUT2D eigenvalue weighted by molar-refractivity contribution is 0.0686. The third-order valence-corrected chi connectivity index (χ3v) is 1.82. The first-order valence-corrected chi connectivity index (χ1v) is 4.25. The molecule has 0 saturated carbocycles. The van der Waals surface area contributed by atoms with Crippen molar-refractivity contribution in [1.29, 1.82) is 0 Å². The van der Waals surface area contributed by atoms with E-state index in [0.29, 0.717) is 0 Å². The lowest BCUT2D eigenvalue weighted by Gasteiger charge is -2.01. The number of carbonyl (C=O) groups is 1. The predicted octanol–water partition coefficient (Wildman–Crippen LogP) is 0.669. The molecule has 2 rings (SSSR count). The van der Waals surface area contributed by atoms with Crippen LogP contribution in [0.1, 0.15) is 16.1 Å². The Morgan fingerprint density at radius 1 is 1.40 bits per heavy atom. The second kappa shape index (κ2) is 3.49. The van der Waals surface area contributed by atoms with E-state index >= 15 is 0 Å². The fourth-order valence-corrected chi connectivity index (χ4v) is 1.12. The first kappa shape index (κ1) is 9.32. The van der Waals surface area contributed by atoms with Crippen molar-refractivity contribution in [2.45, 2.75) is 6.92 Å². The van der Waals surface area contributed by atoms with E-state index in [0.717, 1.165) is 5.56 Å². The first-order valence-electron chi connectivity index (χ1n) is 4.25. The van der Waals surface area contributed by atoms with Crippen molar-refractivity contribution in [3.05, 3.63) is 35.9 Å². The summed E-state index contributed by atoms with van der Waals surface area (Å²) in [6, 6.07) is 1.39. The minimum absolute atomic E-state index is 0.0406. The Balaban J connectivity index is 2.49. The molecule has 0 unspecified atom stereocenters. The second-order valence-electron chi connectivity index (χ2n) is 2.99. The second-order valence-corrected chi connectivity index (χ2v) is 2.99. The van der Waals surface area contributed by atoms with E-state index in [1.54, 1.807) is 12.4 Å². The average Bonchev–Trinajstić information content (AvgIpc) is 2.67. The van der Waals surface area contributed by atoms with Crippen molar-refractivity contribution < 1.29 is 9.90 Å². The summed E-state index contributed by atoms with van der Waals surface area (Å²) in [4.78, 5) is 18.8. The van der Waals surface area contributed by atoms with E-state index < -0.39 is 5.97 Å². The summed E-state index contributed by atoms with van der Waals surface area (Å²) in [6.45, 7) is 1.85. The molecule has 0 aliphatic rings. The molecule has 0 amide bonds. The van der Waals surface area contributed by atoms with Gasteiger partial charge in [-0.1, -0.05) is 0 Å². The number of carboxylic acid groups (broad SMARTS) is 1. The summed E-state index contributed by atoms with van der Waals surface area (Å²) >= 11 is 0. The van der Waals surface area contributed by atoms with Gasteiger partial charge >= 0.3 is 5.97 Å². The molecule has 6 heteroatoms. The SMILES string of the molecule is Cc1cnc(-n2nccc2C(=O)O)nc1. The summed E-state index contributed by atoms with van der Waals surface area (Å²) in [5.41, 5.74) is 0.946. The Bertz CT molecular complexity index is 489. The van der Waals surface area contributed by atoms with Crippen molar-refractivity contribution in [1.82, 2.24) is 19.7 Å². The number of carboxylic acids is 1. The smallest absolute Gasteiger partial charge is 0.354 e. The van der Waals surface area contributed by atoms with Crippen molar-refractivity contribution in [3.63, 3.8) is 0 Å². The largest absolute Gasteiger partial charge is 0.477 e. The van der Waals surface area contributed by atoms with Gasteiger partial charge in [-0.25, -0.2) is 14.8 Å². The van der Waals surface area contributed by atoms with E-state index in [1.165, 1.54) is 16.9 Å². The highest BCUT2D eigenvalue weighted by molar-refractivity contribution is 5.85. The van der Waals surface area contributed by atoms with Crippen LogP contribution in [0.3, 0.4) is 0 Å². The van der Waals surface area contributed by atoms with Gasteiger partial charge < -0.3 is 5.11 Å². The van der Waals surface area contributed by atoms with Gasteiger partial charge in [0.25, 0.3) is 5.95 Å². The fraction of sp³-hybridized carbons (Fsp3) is 0.111. The molecule has 0 saturated heterocycles. The molecule has 15 heavy (non-hydrogen) atoms. The van der Waals surface area contributed by atoms with Gasteiger partial charge in [0.2, 0.25) is 0 Å². The molecular weight excluding hydrogens is 196 g/mol. The van der Waals surface area contributed by atoms with E-state index in [2.05, 4.69) is 15.1 Å². The normalized spacial score (nSPS) is 10.2. The third-order valence-electron chi connectivity index (χ3n) is 1.82. The van der Waals surface area contributed by atoms with E-state index in [1.807, 2.05) is 6.92 Å².